The Bertz CT molecular complexity index is 292. The second-order valence-corrected chi connectivity index (χ2v) is 5.18. The van der Waals surface area contributed by atoms with Crippen LogP contribution in [0.15, 0.2) is 0 Å². The van der Waals surface area contributed by atoms with E-state index in [0.29, 0.717) is 32.8 Å². The Morgan fingerprint density at radius 3 is 2.05 bits per heavy atom. The van der Waals surface area contributed by atoms with Crippen LogP contribution in [0.25, 0.3) is 0 Å². The molecule has 0 aromatic rings. The number of esters is 1. The lowest BCUT2D eigenvalue weighted by Crippen LogP contribution is -2.24. The fourth-order valence-corrected chi connectivity index (χ4v) is 1.76. The molecule has 0 spiro atoms. The minimum atomic E-state index is -1.00. The summed E-state index contributed by atoms with van der Waals surface area (Å²) in [5.74, 6) is -2.15. The summed E-state index contributed by atoms with van der Waals surface area (Å²) in [6.07, 6.45) is 4.17. The van der Waals surface area contributed by atoms with Crippen LogP contribution in [-0.4, -0.2) is 50.1 Å². The van der Waals surface area contributed by atoms with Gasteiger partial charge in [-0.2, -0.15) is 0 Å². The van der Waals surface area contributed by atoms with Gasteiger partial charge in [-0.25, -0.2) is 0 Å². The van der Waals surface area contributed by atoms with Crippen LogP contribution in [0.4, 0.5) is 0 Å². The number of aliphatic carboxylic acids is 1. The average molecular weight is 318 g/mol. The van der Waals surface area contributed by atoms with E-state index < -0.39 is 17.9 Å². The molecule has 6 nitrogen and oxygen atoms in total. The number of carbonyl (C=O) groups is 2. The average Bonchev–Trinajstić information content (AvgIpc) is 2.48. The number of rotatable bonds is 15. The van der Waals surface area contributed by atoms with Gasteiger partial charge in [-0.15, -0.1) is 0 Å². The van der Waals surface area contributed by atoms with Crippen LogP contribution in [0.2, 0.25) is 0 Å². The molecule has 0 saturated carbocycles. The molecule has 0 amide bonds. The minimum Gasteiger partial charge on any atom is -0.481 e. The molecule has 130 valence electrons. The highest BCUT2D eigenvalue weighted by Gasteiger charge is 2.23. The fraction of sp³-hybridized carbons (Fsp3) is 0.875. The van der Waals surface area contributed by atoms with Gasteiger partial charge in [-0.3, -0.25) is 9.59 Å². The van der Waals surface area contributed by atoms with Gasteiger partial charge in [0.1, 0.15) is 6.61 Å². The summed E-state index contributed by atoms with van der Waals surface area (Å²) in [6.45, 7) is 6.31. The van der Waals surface area contributed by atoms with Gasteiger partial charge in [-0.1, -0.05) is 26.7 Å². The van der Waals surface area contributed by atoms with Crippen LogP contribution in [0.3, 0.4) is 0 Å². The van der Waals surface area contributed by atoms with Crippen molar-refractivity contribution < 1.29 is 28.9 Å². The fourth-order valence-electron chi connectivity index (χ4n) is 1.76. The molecule has 1 unspecified atom stereocenters. The Labute approximate surface area is 133 Å². The van der Waals surface area contributed by atoms with Crippen molar-refractivity contribution in [2.75, 3.05) is 33.0 Å². The Kier molecular flexibility index (Phi) is 14.0. The van der Waals surface area contributed by atoms with Gasteiger partial charge in [-0.05, 0) is 19.3 Å². The molecule has 1 atom stereocenters. The van der Waals surface area contributed by atoms with Gasteiger partial charge >= 0.3 is 11.9 Å². The zero-order valence-electron chi connectivity index (χ0n) is 13.8. The van der Waals surface area contributed by atoms with Crippen molar-refractivity contribution in [2.24, 2.45) is 5.92 Å². The minimum absolute atomic E-state index is 0.162. The van der Waals surface area contributed by atoms with E-state index in [0.717, 1.165) is 25.7 Å². The summed E-state index contributed by atoms with van der Waals surface area (Å²) in [4.78, 5) is 22.7. The summed E-state index contributed by atoms with van der Waals surface area (Å²) < 4.78 is 15.8. The largest absolute Gasteiger partial charge is 0.481 e. The SMILES string of the molecule is CCCCOCCOC(=O)C(CCOCCCC)CC(=O)O. The van der Waals surface area contributed by atoms with Crippen molar-refractivity contribution >= 4 is 11.9 Å². The Hall–Kier alpha value is -1.14. The van der Waals surface area contributed by atoms with E-state index in [1.807, 2.05) is 0 Å². The molecule has 0 aliphatic heterocycles. The van der Waals surface area contributed by atoms with Crippen molar-refractivity contribution in [3.05, 3.63) is 0 Å². The lowest BCUT2D eigenvalue weighted by atomic mass is 10.0. The molecule has 0 aliphatic rings. The van der Waals surface area contributed by atoms with Crippen molar-refractivity contribution in [1.29, 1.82) is 0 Å². The van der Waals surface area contributed by atoms with E-state index in [1.54, 1.807) is 0 Å². The van der Waals surface area contributed by atoms with E-state index in [9.17, 15) is 9.59 Å². The van der Waals surface area contributed by atoms with Gasteiger partial charge in [0.15, 0.2) is 0 Å². The van der Waals surface area contributed by atoms with E-state index >= 15 is 0 Å². The number of unbranched alkanes of at least 4 members (excludes halogenated alkanes) is 2. The van der Waals surface area contributed by atoms with Crippen molar-refractivity contribution in [1.82, 2.24) is 0 Å². The molecular formula is C16H30O6. The van der Waals surface area contributed by atoms with E-state index in [4.69, 9.17) is 19.3 Å². The molecule has 0 heterocycles. The van der Waals surface area contributed by atoms with Gasteiger partial charge in [0, 0.05) is 19.8 Å². The zero-order chi connectivity index (χ0) is 16.6. The number of hydrogen-bond acceptors (Lipinski definition) is 5. The molecule has 0 rings (SSSR count). The third-order valence-electron chi connectivity index (χ3n) is 3.12. The van der Waals surface area contributed by atoms with Crippen molar-refractivity contribution in [3.63, 3.8) is 0 Å². The molecule has 1 N–H and O–H groups in total. The quantitative estimate of drug-likeness (QED) is 0.369. The van der Waals surface area contributed by atoms with Crippen LogP contribution in [0.1, 0.15) is 52.4 Å². The van der Waals surface area contributed by atoms with Gasteiger partial charge in [0.25, 0.3) is 0 Å². The molecule has 0 fully saturated rings. The predicted molar refractivity (Wildman–Crippen MR) is 82.8 cm³/mol. The molecule has 0 saturated heterocycles. The van der Waals surface area contributed by atoms with Crippen molar-refractivity contribution in [3.8, 4) is 0 Å². The maximum Gasteiger partial charge on any atom is 0.309 e. The third-order valence-corrected chi connectivity index (χ3v) is 3.12. The highest BCUT2D eigenvalue weighted by molar-refractivity contribution is 5.79. The first-order valence-electron chi connectivity index (χ1n) is 8.15. The predicted octanol–water partition coefficient (Wildman–Crippen LogP) is 2.64. The van der Waals surface area contributed by atoms with Gasteiger partial charge in [0.2, 0.25) is 0 Å². The molecule has 0 radical (unpaired) electrons. The summed E-state index contributed by atoms with van der Waals surface area (Å²) >= 11 is 0. The highest BCUT2D eigenvalue weighted by atomic mass is 16.6. The summed E-state index contributed by atoms with van der Waals surface area (Å²) in [6, 6.07) is 0. The highest BCUT2D eigenvalue weighted by Crippen LogP contribution is 2.12. The molecular weight excluding hydrogens is 288 g/mol. The molecule has 0 aromatic carbocycles. The molecule has 22 heavy (non-hydrogen) atoms. The van der Waals surface area contributed by atoms with E-state index in [1.165, 1.54) is 0 Å². The van der Waals surface area contributed by atoms with Crippen LogP contribution >= 0.6 is 0 Å². The first-order valence-corrected chi connectivity index (χ1v) is 8.15. The number of carboxylic acids is 1. The van der Waals surface area contributed by atoms with E-state index in [2.05, 4.69) is 13.8 Å². The molecule has 0 aliphatic carbocycles. The maximum absolute atomic E-state index is 11.9. The Morgan fingerprint density at radius 1 is 0.909 bits per heavy atom. The first kappa shape index (κ1) is 20.9. The topological polar surface area (TPSA) is 82.1 Å². The molecule has 0 bridgehead atoms. The lowest BCUT2D eigenvalue weighted by Gasteiger charge is -2.14. The van der Waals surface area contributed by atoms with Crippen molar-refractivity contribution in [2.45, 2.75) is 52.4 Å². The first-order chi connectivity index (χ1) is 10.6. The molecule has 6 heteroatoms. The number of hydrogen-bond donors (Lipinski definition) is 1. The zero-order valence-corrected chi connectivity index (χ0v) is 13.8. The van der Waals surface area contributed by atoms with Crippen LogP contribution in [0.5, 0.6) is 0 Å². The Morgan fingerprint density at radius 2 is 1.50 bits per heavy atom. The second-order valence-electron chi connectivity index (χ2n) is 5.18. The van der Waals surface area contributed by atoms with Crippen LogP contribution < -0.4 is 0 Å². The maximum atomic E-state index is 11.9. The number of carbonyl (C=O) groups excluding carboxylic acids is 1. The van der Waals surface area contributed by atoms with Gasteiger partial charge < -0.3 is 19.3 Å². The standard InChI is InChI=1S/C16H30O6/c1-3-5-8-20-10-7-14(13-15(17)18)16(19)22-12-11-21-9-6-4-2/h14H,3-13H2,1-2H3,(H,17,18). The molecule has 0 aromatic heterocycles. The summed E-state index contributed by atoms with van der Waals surface area (Å²) in [5.41, 5.74) is 0. The number of carboxylic acid groups (broad SMARTS) is 1. The van der Waals surface area contributed by atoms with E-state index in [-0.39, 0.29) is 13.0 Å². The second kappa shape index (κ2) is 14.8. The van der Waals surface area contributed by atoms with Crippen LogP contribution in [-0.2, 0) is 23.8 Å². The monoisotopic (exact) mass is 318 g/mol. The normalized spacial score (nSPS) is 12.1. The Balaban J connectivity index is 3.92. The third kappa shape index (κ3) is 12.6. The number of ether oxygens (including phenoxy) is 3. The van der Waals surface area contributed by atoms with Crippen LogP contribution in [0, 0.1) is 5.92 Å². The van der Waals surface area contributed by atoms with Gasteiger partial charge in [0.05, 0.1) is 18.9 Å². The lowest BCUT2D eigenvalue weighted by molar-refractivity contribution is -0.155. The summed E-state index contributed by atoms with van der Waals surface area (Å²) in [7, 11) is 0. The summed E-state index contributed by atoms with van der Waals surface area (Å²) in [5, 5.41) is 8.87. The smallest absolute Gasteiger partial charge is 0.309 e.